The van der Waals surface area contributed by atoms with Gasteiger partial charge in [-0.1, -0.05) is 0 Å². The Bertz CT molecular complexity index is 125. The summed E-state index contributed by atoms with van der Waals surface area (Å²) >= 11 is 4.92. The van der Waals surface area contributed by atoms with Crippen molar-refractivity contribution < 1.29 is 0 Å². The maximum atomic E-state index is 4.92. The predicted molar refractivity (Wildman–Crippen MR) is 52.8 cm³/mol. The van der Waals surface area contributed by atoms with Crippen LogP contribution in [0.3, 0.4) is 0 Å². The predicted octanol–water partition coefficient (Wildman–Crippen LogP) is 0.0304. The second kappa shape index (κ2) is 5.32. The number of nitrogens with one attached hydrogen (secondary N) is 2. The maximum absolute atomic E-state index is 4.92. The summed E-state index contributed by atoms with van der Waals surface area (Å²) in [6.45, 7) is 3.03. The van der Waals surface area contributed by atoms with E-state index >= 15 is 0 Å². The van der Waals surface area contributed by atoms with Gasteiger partial charge in [-0.2, -0.15) is 0 Å². The lowest BCUT2D eigenvalue weighted by Crippen LogP contribution is -2.41. The van der Waals surface area contributed by atoms with Crippen LogP contribution in [0.1, 0.15) is 6.92 Å². The van der Waals surface area contributed by atoms with Gasteiger partial charge in [-0.3, -0.25) is 0 Å². The smallest absolute Gasteiger partial charge is 0.166 e. The van der Waals surface area contributed by atoms with E-state index in [1.807, 2.05) is 7.05 Å². The molecule has 0 rings (SSSR count). The topological polar surface area (TPSA) is 27.3 Å². The second-order valence-electron chi connectivity index (χ2n) is 2.77. The molecular weight excluding hydrogens is 158 g/mol. The average molecular weight is 175 g/mol. The molecule has 1 unspecified atom stereocenters. The van der Waals surface area contributed by atoms with Gasteiger partial charge in [0.15, 0.2) is 5.11 Å². The van der Waals surface area contributed by atoms with E-state index in [1.54, 1.807) is 0 Å². The van der Waals surface area contributed by atoms with Gasteiger partial charge in [-0.15, -0.1) is 0 Å². The molecule has 0 amide bonds. The third-order valence-corrected chi connectivity index (χ3v) is 2.02. The molecule has 1 atom stereocenters. The third-order valence-electron chi connectivity index (χ3n) is 1.67. The van der Waals surface area contributed by atoms with Crippen LogP contribution in [0.4, 0.5) is 0 Å². The normalized spacial score (nSPS) is 12.8. The van der Waals surface area contributed by atoms with Crippen LogP contribution >= 0.6 is 12.2 Å². The van der Waals surface area contributed by atoms with E-state index in [0.717, 1.165) is 6.54 Å². The summed E-state index contributed by atoms with van der Waals surface area (Å²) in [4.78, 5) is 2.14. The monoisotopic (exact) mass is 175 g/mol. The fraction of sp³-hybridized carbons (Fsp3) is 0.857. The van der Waals surface area contributed by atoms with Crippen molar-refractivity contribution >= 4 is 17.3 Å². The molecule has 0 aliphatic rings. The zero-order valence-electron chi connectivity index (χ0n) is 7.64. The molecule has 0 aliphatic heterocycles. The number of likely N-dealkylation sites (N-methyl/N-ethyl adjacent to an activating group) is 1. The summed E-state index contributed by atoms with van der Waals surface area (Å²) in [6, 6.07) is 0.501. The van der Waals surface area contributed by atoms with Gasteiger partial charge < -0.3 is 15.5 Å². The van der Waals surface area contributed by atoms with Crippen LogP contribution in [-0.4, -0.2) is 43.7 Å². The first-order valence-corrected chi connectivity index (χ1v) is 4.10. The molecule has 0 aliphatic carbocycles. The van der Waals surface area contributed by atoms with E-state index in [1.165, 1.54) is 0 Å². The molecule has 0 spiro atoms. The van der Waals surface area contributed by atoms with Crippen molar-refractivity contribution in [2.24, 2.45) is 0 Å². The summed E-state index contributed by atoms with van der Waals surface area (Å²) in [5.74, 6) is 0. The largest absolute Gasteiger partial charge is 0.366 e. The van der Waals surface area contributed by atoms with E-state index in [0.29, 0.717) is 11.2 Å². The second-order valence-corrected chi connectivity index (χ2v) is 3.18. The Balaban J connectivity index is 3.45. The Morgan fingerprint density at radius 3 is 2.45 bits per heavy atom. The summed E-state index contributed by atoms with van der Waals surface area (Å²) in [5.41, 5.74) is 0. The molecule has 3 nitrogen and oxygen atoms in total. The third kappa shape index (κ3) is 4.98. The number of hydrogen-bond donors (Lipinski definition) is 2. The minimum atomic E-state index is 0.501. The summed E-state index contributed by atoms with van der Waals surface area (Å²) in [6.07, 6.45) is 0. The fourth-order valence-electron chi connectivity index (χ4n) is 0.511. The molecule has 0 saturated carbocycles. The summed E-state index contributed by atoms with van der Waals surface area (Å²) < 4.78 is 0. The molecule has 0 aromatic carbocycles. The van der Waals surface area contributed by atoms with E-state index in [9.17, 15) is 0 Å². The Morgan fingerprint density at radius 1 is 1.55 bits per heavy atom. The van der Waals surface area contributed by atoms with E-state index in [-0.39, 0.29) is 0 Å². The van der Waals surface area contributed by atoms with Gasteiger partial charge in [0.2, 0.25) is 0 Å². The van der Waals surface area contributed by atoms with Gasteiger partial charge in [-0.25, -0.2) is 0 Å². The zero-order chi connectivity index (χ0) is 8.85. The van der Waals surface area contributed by atoms with E-state index in [2.05, 4.69) is 36.6 Å². The lowest BCUT2D eigenvalue weighted by Gasteiger charge is -2.20. The first-order chi connectivity index (χ1) is 5.07. The average Bonchev–Trinajstić information content (AvgIpc) is 1.99. The first kappa shape index (κ1) is 10.7. The minimum absolute atomic E-state index is 0.501. The van der Waals surface area contributed by atoms with Crippen LogP contribution in [0.5, 0.6) is 0 Å². The molecule has 4 heteroatoms. The molecular formula is C7H17N3S. The van der Waals surface area contributed by atoms with E-state index < -0.39 is 0 Å². The lowest BCUT2D eigenvalue weighted by molar-refractivity contribution is 0.313. The van der Waals surface area contributed by atoms with Crippen molar-refractivity contribution in [2.75, 3.05) is 27.7 Å². The van der Waals surface area contributed by atoms with Crippen molar-refractivity contribution in [3.8, 4) is 0 Å². The number of rotatable bonds is 3. The van der Waals surface area contributed by atoms with Gasteiger partial charge in [0.25, 0.3) is 0 Å². The number of thiocarbonyl (C=S) groups is 1. The van der Waals surface area contributed by atoms with Crippen LogP contribution in [0.2, 0.25) is 0 Å². The van der Waals surface area contributed by atoms with Crippen molar-refractivity contribution in [1.82, 2.24) is 15.5 Å². The van der Waals surface area contributed by atoms with Gasteiger partial charge in [0, 0.05) is 19.6 Å². The molecule has 0 aromatic heterocycles. The molecule has 0 saturated heterocycles. The zero-order valence-corrected chi connectivity index (χ0v) is 8.46. The number of hydrogen-bond acceptors (Lipinski definition) is 2. The van der Waals surface area contributed by atoms with Crippen molar-refractivity contribution in [1.29, 1.82) is 0 Å². The van der Waals surface area contributed by atoms with Crippen LogP contribution < -0.4 is 10.6 Å². The van der Waals surface area contributed by atoms with Crippen LogP contribution in [-0.2, 0) is 0 Å². The highest BCUT2D eigenvalue weighted by atomic mass is 32.1. The Kier molecular flexibility index (Phi) is 5.15. The van der Waals surface area contributed by atoms with E-state index in [4.69, 9.17) is 12.2 Å². The van der Waals surface area contributed by atoms with Crippen LogP contribution in [0, 0.1) is 0 Å². The molecule has 0 aromatic rings. The fourth-order valence-corrected chi connectivity index (χ4v) is 0.595. The molecule has 11 heavy (non-hydrogen) atoms. The SMILES string of the molecule is CNC(=S)NCC(C)N(C)C. The molecule has 0 radical (unpaired) electrons. The summed E-state index contributed by atoms with van der Waals surface area (Å²) in [5, 5.41) is 6.66. The Labute approximate surface area is 74.1 Å². The molecule has 0 heterocycles. The minimum Gasteiger partial charge on any atom is -0.366 e. The highest BCUT2D eigenvalue weighted by molar-refractivity contribution is 7.80. The van der Waals surface area contributed by atoms with Gasteiger partial charge in [-0.05, 0) is 33.2 Å². The number of nitrogens with zero attached hydrogens (tertiary/aromatic N) is 1. The van der Waals surface area contributed by atoms with Crippen molar-refractivity contribution in [3.63, 3.8) is 0 Å². The van der Waals surface area contributed by atoms with Gasteiger partial charge in [0.1, 0.15) is 0 Å². The van der Waals surface area contributed by atoms with Gasteiger partial charge >= 0.3 is 0 Å². The Morgan fingerprint density at radius 2 is 2.09 bits per heavy atom. The summed E-state index contributed by atoms with van der Waals surface area (Å²) in [7, 11) is 5.92. The van der Waals surface area contributed by atoms with Crippen molar-refractivity contribution in [3.05, 3.63) is 0 Å². The highest BCUT2D eigenvalue weighted by Gasteiger charge is 2.03. The molecule has 2 N–H and O–H groups in total. The Hall–Kier alpha value is -0.350. The van der Waals surface area contributed by atoms with Crippen LogP contribution in [0.15, 0.2) is 0 Å². The first-order valence-electron chi connectivity index (χ1n) is 3.70. The molecule has 66 valence electrons. The van der Waals surface area contributed by atoms with Gasteiger partial charge in [0.05, 0.1) is 0 Å². The molecule has 0 fully saturated rings. The van der Waals surface area contributed by atoms with Crippen LogP contribution in [0.25, 0.3) is 0 Å². The lowest BCUT2D eigenvalue weighted by atomic mass is 10.3. The molecule has 0 bridgehead atoms. The van der Waals surface area contributed by atoms with Crippen molar-refractivity contribution in [2.45, 2.75) is 13.0 Å². The standard InChI is InChI=1S/C7H17N3S/c1-6(10(3)4)5-9-7(11)8-2/h6H,5H2,1-4H3,(H2,8,9,11). The highest BCUT2D eigenvalue weighted by Crippen LogP contribution is 1.87. The quantitative estimate of drug-likeness (QED) is 0.592. The maximum Gasteiger partial charge on any atom is 0.166 e.